The van der Waals surface area contributed by atoms with E-state index in [9.17, 15) is 9.59 Å². The van der Waals surface area contributed by atoms with Crippen LogP contribution in [0.1, 0.15) is 0 Å². The number of hydrogen-bond donors (Lipinski definition) is 2. The molecule has 1 saturated heterocycles. The number of rotatable bonds is 3. The van der Waals surface area contributed by atoms with Crippen LogP contribution >= 0.6 is 11.6 Å². The molecule has 9 nitrogen and oxygen atoms in total. The molecule has 2 aromatic carbocycles. The molecular formula is C23H20ClN5O4. The van der Waals surface area contributed by atoms with Crippen LogP contribution in [0.5, 0.6) is 5.75 Å². The van der Waals surface area contributed by atoms with Crippen LogP contribution in [0.25, 0.3) is 22.0 Å². The number of carbonyl (C=O) groups is 2. The topological polar surface area (TPSA) is 108 Å². The Kier molecular flexibility index (Phi) is 5.26. The Balaban J connectivity index is 1.60. The molecule has 2 N–H and O–H groups in total. The van der Waals surface area contributed by atoms with Crippen molar-refractivity contribution in [3.8, 4) is 16.9 Å². The molecule has 1 fully saturated rings. The number of nitrogens with zero attached hydrogens (tertiary/aromatic N) is 4. The molecule has 1 aromatic heterocycles. The molecule has 2 amide bonds. The van der Waals surface area contributed by atoms with E-state index in [1.165, 1.54) is 12.4 Å². The molecule has 3 aromatic rings. The van der Waals surface area contributed by atoms with Crippen LogP contribution in [-0.4, -0.2) is 64.3 Å². The summed E-state index contributed by atoms with van der Waals surface area (Å²) in [7, 11) is 0. The van der Waals surface area contributed by atoms with Crippen LogP contribution in [0.4, 0.5) is 16.3 Å². The van der Waals surface area contributed by atoms with Crippen molar-refractivity contribution in [2.75, 3.05) is 36.5 Å². The monoisotopic (exact) mass is 465 g/mol. The molecule has 3 heterocycles. The zero-order valence-corrected chi connectivity index (χ0v) is 18.2. The summed E-state index contributed by atoms with van der Waals surface area (Å²) in [4.78, 5) is 36.1. The molecule has 1 atom stereocenters. The van der Waals surface area contributed by atoms with Crippen LogP contribution in [0.2, 0.25) is 5.02 Å². The van der Waals surface area contributed by atoms with E-state index in [4.69, 9.17) is 21.4 Å². The summed E-state index contributed by atoms with van der Waals surface area (Å²) in [6, 6.07) is 8.70. The highest BCUT2D eigenvalue weighted by atomic mass is 35.5. The van der Waals surface area contributed by atoms with Crippen LogP contribution in [0.3, 0.4) is 0 Å². The number of hydrogen-bond acceptors (Lipinski definition) is 6. The predicted octanol–water partition coefficient (Wildman–Crippen LogP) is 3.64. The lowest BCUT2D eigenvalue weighted by Crippen LogP contribution is -2.56. The third kappa shape index (κ3) is 3.70. The zero-order valence-electron chi connectivity index (χ0n) is 17.5. The molecule has 168 valence electrons. The molecule has 0 bridgehead atoms. The minimum Gasteiger partial charge on any atom is -0.489 e. The van der Waals surface area contributed by atoms with Gasteiger partial charge in [-0.25, -0.2) is 14.8 Å². The van der Waals surface area contributed by atoms with Crippen LogP contribution in [0.15, 0.2) is 49.3 Å². The molecule has 0 unspecified atom stereocenters. The molecule has 0 aliphatic carbocycles. The fourth-order valence-corrected chi connectivity index (χ4v) is 4.70. The molecule has 0 spiro atoms. The van der Waals surface area contributed by atoms with Gasteiger partial charge in [0.25, 0.3) is 0 Å². The number of ether oxygens (including phenoxy) is 1. The number of aromatic nitrogens is 2. The minimum atomic E-state index is -1.15. The molecule has 33 heavy (non-hydrogen) atoms. The predicted molar refractivity (Wildman–Crippen MR) is 125 cm³/mol. The van der Waals surface area contributed by atoms with Crippen LogP contribution in [-0.2, 0) is 4.79 Å². The Hall–Kier alpha value is -3.85. The van der Waals surface area contributed by atoms with Gasteiger partial charge < -0.3 is 19.6 Å². The largest absolute Gasteiger partial charge is 0.489 e. The maximum absolute atomic E-state index is 12.1. The van der Waals surface area contributed by atoms with Crippen molar-refractivity contribution in [1.29, 1.82) is 0 Å². The Morgan fingerprint density at radius 2 is 2.12 bits per heavy atom. The van der Waals surface area contributed by atoms with E-state index >= 15 is 0 Å². The van der Waals surface area contributed by atoms with E-state index in [2.05, 4.69) is 26.8 Å². The van der Waals surface area contributed by atoms with Crippen molar-refractivity contribution in [2.45, 2.75) is 6.04 Å². The van der Waals surface area contributed by atoms with E-state index in [1.807, 2.05) is 12.1 Å². The smallest absolute Gasteiger partial charge is 0.409 e. The first-order valence-corrected chi connectivity index (χ1v) is 10.7. The minimum absolute atomic E-state index is 0.101. The first-order valence-electron chi connectivity index (χ1n) is 10.3. The third-order valence-corrected chi connectivity index (χ3v) is 6.26. The normalized spacial score (nSPS) is 17.1. The van der Waals surface area contributed by atoms with Crippen molar-refractivity contribution in [3.63, 3.8) is 0 Å². The van der Waals surface area contributed by atoms with E-state index in [1.54, 1.807) is 23.1 Å². The van der Waals surface area contributed by atoms with Gasteiger partial charge in [-0.05, 0) is 29.8 Å². The van der Waals surface area contributed by atoms with Crippen LogP contribution < -0.4 is 15.0 Å². The second-order valence-corrected chi connectivity index (χ2v) is 8.19. The van der Waals surface area contributed by atoms with Crippen molar-refractivity contribution in [3.05, 3.63) is 54.3 Å². The lowest BCUT2D eigenvalue weighted by atomic mass is 10.0. The number of amides is 2. The van der Waals surface area contributed by atoms with Gasteiger partial charge >= 0.3 is 6.09 Å². The number of carboxylic acid groups (broad SMARTS) is 1. The van der Waals surface area contributed by atoms with Gasteiger partial charge in [-0.2, -0.15) is 0 Å². The number of carbonyl (C=O) groups excluding carboxylic acids is 1. The van der Waals surface area contributed by atoms with Gasteiger partial charge in [0.2, 0.25) is 5.91 Å². The highest BCUT2D eigenvalue weighted by Crippen LogP contribution is 2.46. The van der Waals surface area contributed by atoms with Crippen molar-refractivity contribution >= 4 is 46.0 Å². The summed E-state index contributed by atoms with van der Waals surface area (Å²) in [5.41, 5.74) is 2.48. The van der Waals surface area contributed by atoms with Gasteiger partial charge in [0.15, 0.2) is 5.75 Å². The average Bonchev–Trinajstić information content (AvgIpc) is 2.98. The molecule has 5 rings (SSSR count). The summed E-state index contributed by atoms with van der Waals surface area (Å²) in [5.74, 6) is 1.09. The number of anilines is 2. The first kappa shape index (κ1) is 21.0. The van der Waals surface area contributed by atoms with Crippen molar-refractivity contribution < 1.29 is 19.4 Å². The third-order valence-electron chi connectivity index (χ3n) is 5.89. The SMILES string of the molecule is C=CC(=O)N1CCN2c3ncnc4cc(-c5cccc(NC(=O)O)c5)c(Cl)c(c34)OC[C@@H]2C1. The second kappa shape index (κ2) is 8.25. The summed E-state index contributed by atoms with van der Waals surface area (Å²) >= 11 is 6.84. The fraction of sp³-hybridized carbons (Fsp3) is 0.217. The molecule has 2 aliphatic heterocycles. The highest BCUT2D eigenvalue weighted by molar-refractivity contribution is 6.36. The number of benzene rings is 2. The van der Waals surface area contributed by atoms with Gasteiger partial charge in [0, 0.05) is 30.9 Å². The Labute approximate surface area is 194 Å². The maximum Gasteiger partial charge on any atom is 0.409 e. The fourth-order valence-electron chi connectivity index (χ4n) is 4.39. The molecule has 0 saturated carbocycles. The van der Waals surface area contributed by atoms with Gasteiger partial charge in [0.05, 0.1) is 22.0 Å². The van der Waals surface area contributed by atoms with Crippen molar-refractivity contribution in [2.24, 2.45) is 0 Å². The highest BCUT2D eigenvalue weighted by Gasteiger charge is 2.35. The van der Waals surface area contributed by atoms with Gasteiger partial charge in [-0.15, -0.1) is 0 Å². The van der Waals surface area contributed by atoms with E-state index in [0.717, 1.165) is 16.8 Å². The molecular weight excluding hydrogens is 446 g/mol. The molecule has 10 heteroatoms. The number of fused-ring (bicyclic) bond motifs is 2. The summed E-state index contributed by atoms with van der Waals surface area (Å²) < 4.78 is 6.21. The van der Waals surface area contributed by atoms with Crippen molar-refractivity contribution in [1.82, 2.24) is 14.9 Å². The summed E-state index contributed by atoms with van der Waals surface area (Å²) in [5, 5.41) is 12.5. The van der Waals surface area contributed by atoms with Gasteiger partial charge in [-0.1, -0.05) is 30.3 Å². The van der Waals surface area contributed by atoms with E-state index < -0.39 is 6.09 Å². The summed E-state index contributed by atoms with van der Waals surface area (Å²) in [6.45, 7) is 5.53. The van der Waals surface area contributed by atoms with E-state index in [-0.39, 0.29) is 11.9 Å². The van der Waals surface area contributed by atoms with E-state index in [0.29, 0.717) is 53.8 Å². The Morgan fingerprint density at radius 1 is 1.27 bits per heavy atom. The Bertz CT molecular complexity index is 1300. The quantitative estimate of drug-likeness (QED) is 0.568. The standard InChI is InChI=1S/C23H20ClN5O4/c1-2-18(30)28-6-7-29-15(10-28)11-33-21-19-17(25-12-26-22(19)29)9-16(20(21)24)13-4-3-5-14(8-13)27-23(31)32/h2-5,8-9,12,15,27H,1,6-7,10-11H2,(H,31,32)/t15-/m0/s1. The Morgan fingerprint density at radius 3 is 2.91 bits per heavy atom. The number of nitrogens with one attached hydrogen (secondary N) is 1. The molecule has 0 radical (unpaired) electrons. The first-order chi connectivity index (χ1) is 16.0. The average molecular weight is 466 g/mol. The lowest BCUT2D eigenvalue weighted by Gasteiger charge is -2.40. The number of piperazine rings is 1. The summed E-state index contributed by atoms with van der Waals surface area (Å²) in [6.07, 6.45) is 1.68. The lowest BCUT2D eigenvalue weighted by molar-refractivity contribution is -0.126. The van der Waals surface area contributed by atoms with Gasteiger partial charge in [0.1, 0.15) is 18.8 Å². The molecule has 2 aliphatic rings. The second-order valence-electron chi connectivity index (χ2n) is 7.82. The maximum atomic E-state index is 12.1. The zero-order chi connectivity index (χ0) is 23.1. The number of halogens is 1. The van der Waals surface area contributed by atoms with Crippen LogP contribution in [0, 0.1) is 0 Å². The van der Waals surface area contributed by atoms with Gasteiger partial charge in [-0.3, -0.25) is 10.1 Å².